The molecule has 0 saturated heterocycles. The van der Waals surface area contributed by atoms with Crippen molar-refractivity contribution >= 4 is 23.5 Å². The lowest BCUT2D eigenvalue weighted by atomic mass is 10.1. The van der Waals surface area contributed by atoms with E-state index in [2.05, 4.69) is 6.58 Å². The number of carbonyl (C=O) groups excluding carboxylic acids is 1. The molecule has 0 amide bonds. The lowest BCUT2D eigenvalue weighted by Gasteiger charge is -2.09. The Bertz CT molecular complexity index is 1100. The molecule has 0 aliphatic heterocycles. The Morgan fingerprint density at radius 2 is 1.86 bits per heavy atom. The molecule has 0 bridgehead atoms. The number of Topliss-reactive ketones (excluding diaryl/α,β-unsaturated/α-hetero) is 1. The first-order valence-electron chi connectivity index (χ1n) is 9.64. The van der Waals surface area contributed by atoms with Crippen LogP contribution in [0.5, 0.6) is 0 Å². The molecule has 0 spiro atoms. The zero-order valence-corrected chi connectivity index (χ0v) is 17.7. The summed E-state index contributed by atoms with van der Waals surface area (Å²) in [6.45, 7) is 9.69. The quantitative estimate of drug-likeness (QED) is 0.516. The van der Waals surface area contributed by atoms with E-state index in [0.29, 0.717) is 17.1 Å². The van der Waals surface area contributed by atoms with E-state index in [4.69, 9.17) is 11.6 Å². The summed E-state index contributed by atoms with van der Waals surface area (Å²) in [5, 5.41) is 0.581. The van der Waals surface area contributed by atoms with Crippen LogP contribution >= 0.6 is 11.6 Å². The molecule has 0 atom stereocenters. The van der Waals surface area contributed by atoms with Crippen LogP contribution in [-0.4, -0.2) is 14.9 Å². The molecule has 0 N–H and O–H groups in total. The van der Waals surface area contributed by atoms with Gasteiger partial charge in [0.1, 0.15) is 0 Å². The van der Waals surface area contributed by atoms with Crippen molar-refractivity contribution in [1.82, 2.24) is 9.13 Å². The number of ketones is 1. The second-order valence-electron chi connectivity index (χ2n) is 7.58. The van der Waals surface area contributed by atoms with E-state index in [9.17, 15) is 9.59 Å². The molecule has 29 heavy (non-hydrogen) atoms. The van der Waals surface area contributed by atoms with Crippen LogP contribution in [0.3, 0.4) is 0 Å². The maximum absolute atomic E-state index is 13.4. The van der Waals surface area contributed by atoms with E-state index in [1.54, 1.807) is 21.3 Å². The van der Waals surface area contributed by atoms with Crippen molar-refractivity contribution in [3.05, 3.63) is 81.9 Å². The summed E-state index contributed by atoms with van der Waals surface area (Å²) in [5.41, 5.74) is 3.77. The minimum atomic E-state index is -0.235. The number of aromatic nitrogens is 2. The summed E-state index contributed by atoms with van der Waals surface area (Å²) in [5.74, 6) is 0.270. The molecule has 2 aromatic carbocycles. The summed E-state index contributed by atoms with van der Waals surface area (Å²) in [7, 11) is 0. The lowest BCUT2D eigenvalue weighted by Crippen LogP contribution is -2.27. The van der Waals surface area contributed by atoms with Gasteiger partial charge >= 0.3 is 5.69 Å². The van der Waals surface area contributed by atoms with Gasteiger partial charge in [0, 0.05) is 22.7 Å². The molecular formula is C24H25ClN2O2. The number of carbonyl (C=O) groups is 1. The Labute approximate surface area is 176 Å². The van der Waals surface area contributed by atoms with Gasteiger partial charge in [0.25, 0.3) is 0 Å². The van der Waals surface area contributed by atoms with E-state index < -0.39 is 0 Å². The van der Waals surface area contributed by atoms with Crippen molar-refractivity contribution < 1.29 is 4.79 Å². The molecule has 5 heteroatoms. The standard InChI is InChI=1S/C24H25ClN2O2/c1-5-18-9-11-21(12-10-18)27-17(4)23(19-7-6-8-20(25)14-19)26(24(27)29)15-22(28)13-16(2)3/h5-12,14,16H,1,13,15H2,2-4H3. The molecule has 0 aliphatic rings. The van der Waals surface area contributed by atoms with Gasteiger partial charge in [-0.15, -0.1) is 0 Å². The molecule has 0 aliphatic carbocycles. The Hall–Kier alpha value is -2.85. The first-order chi connectivity index (χ1) is 13.8. The van der Waals surface area contributed by atoms with E-state index in [1.807, 2.05) is 63.2 Å². The highest BCUT2D eigenvalue weighted by atomic mass is 35.5. The van der Waals surface area contributed by atoms with Gasteiger partial charge in [0.15, 0.2) is 5.78 Å². The molecule has 0 radical (unpaired) electrons. The summed E-state index contributed by atoms with van der Waals surface area (Å²) < 4.78 is 3.21. The number of rotatable bonds is 7. The molecule has 3 rings (SSSR count). The fourth-order valence-electron chi connectivity index (χ4n) is 3.57. The van der Waals surface area contributed by atoms with Crippen molar-refractivity contribution in [3.8, 4) is 16.9 Å². The third-order valence-corrected chi connectivity index (χ3v) is 5.06. The highest BCUT2D eigenvalue weighted by Crippen LogP contribution is 2.27. The molecule has 4 nitrogen and oxygen atoms in total. The second-order valence-corrected chi connectivity index (χ2v) is 8.02. The summed E-state index contributed by atoms with van der Waals surface area (Å²) in [6.07, 6.45) is 2.19. The summed E-state index contributed by atoms with van der Waals surface area (Å²) >= 11 is 6.20. The molecule has 0 saturated carbocycles. The molecular weight excluding hydrogens is 384 g/mol. The number of halogens is 1. The van der Waals surface area contributed by atoms with Gasteiger partial charge in [-0.1, -0.05) is 62.4 Å². The lowest BCUT2D eigenvalue weighted by molar-refractivity contribution is -0.120. The fraction of sp³-hybridized carbons (Fsp3) is 0.250. The molecule has 0 fully saturated rings. The maximum atomic E-state index is 13.4. The van der Waals surface area contributed by atoms with E-state index in [0.717, 1.165) is 22.5 Å². The van der Waals surface area contributed by atoms with Crippen LogP contribution in [0.4, 0.5) is 0 Å². The number of imidazole rings is 1. The van der Waals surface area contributed by atoms with Crippen LogP contribution in [0.15, 0.2) is 59.9 Å². The van der Waals surface area contributed by atoms with Crippen molar-refractivity contribution in [3.63, 3.8) is 0 Å². The van der Waals surface area contributed by atoms with E-state index in [1.165, 1.54) is 0 Å². The average molecular weight is 409 g/mol. The van der Waals surface area contributed by atoms with Gasteiger partial charge in [0.2, 0.25) is 0 Å². The van der Waals surface area contributed by atoms with Crippen LogP contribution in [0.1, 0.15) is 31.5 Å². The summed E-state index contributed by atoms with van der Waals surface area (Å²) in [4.78, 5) is 25.9. The van der Waals surface area contributed by atoms with Gasteiger partial charge in [-0.2, -0.15) is 0 Å². The zero-order chi connectivity index (χ0) is 21.1. The summed E-state index contributed by atoms with van der Waals surface area (Å²) in [6, 6.07) is 14.9. The largest absolute Gasteiger partial charge is 0.333 e. The van der Waals surface area contributed by atoms with Crippen LogP contribution < -0.4 is 5.69 Å². The topological polar surface area (TPSA) is 44.0 Å². The van der Waals surface area contributed by atoms with Crippen LogP contribution in [-0.2, 0) is 11.3 Å². The van der Waals surface area contributed by atoms with Crippen LogP contribution in [0.2, 0.25) is 5.02 Å². The number of benzene rings is 2. The minimum Gasteiger partial charge on any atom is -0.298 e. The second kappa shape index (κ2) is 8.66. The Morgan fingerprint density at radius 1 is 1.17 bits per heavy atom. The molecule has 150 valence electrons. The maximum Gasteiger partial charge on any atom is 0.333 e. The molecule has 3 aromatic rings. The van der Waals surface area contributed by atoms with E-state index in [-0.39, 0.29) is 23.9 Å². The van der Waals surface area contributed by atoms with Gasteiger partial charge in [-0.25, -0.2) is 4.79 Å². The number of nitrogens with zero attached hydrogens (tertiary/aromatic N) is 2. The van der Waals surface area contributed by atoms with Crippen molar-refractivity contribution in [2.75, 3.05) is 0 Å². The Morgan fingerprint density at radius 3 is 2.45 bits per heavy atom. The highest BCUT2D eigenvalue weighted by Gasteiger charge is 2.21. The third-order valence-electron chi connectivity index (χ3n) is 4.83. The molecule has 1 heterocycles. The van der Waals surface area contributed by atoms with Gasteiger partial charge in [0.05, 0.1) is 17.9 Å². The zero-order valence-electron chi connectivity index (χ0n) is 17.0. The van der Waals surface area contributed by atoms with Crippen molar-refractivity contribution in [2.45, 2.75) is 33.7 Å². The number of hydrogen-bond donors (Lipinski definition) is 0. The monoisotopic (exact) mass is 408 g/mol. The van der Waals surface area contributed by atoms with Crippen molar-refractivity contribution in [1.29, 1.82) is 0 Å². The highest BCUT2D eigenvalue weighted by molar-refractivity contribution is 6.30. The van der Waals surface area contributed by atoms with Gasteiger partial charge < -0.3 is 0 Å². The minimum absolute atomic E-state index is 0.0320. The number of hydrogen-bond acceptors (Lipinski definition) is 2. The van der Waals surface area contributed by atoms with Crippen LogP contribution in [0.25, 0.3) is 23.0 Å². The SMILES string of the molecule is C=Cc1ccc(-n2c(C)c(-c3cccc(Cl)c3)n(CC(=O)CC(C)C)c2=O)cc1. The third kappa shape index (κ3) is 4.43. The fourth-order valence-corrected chi connectivity index (χ4v) is 3.76. The van der Waals surface area contributed by atoms with Gasteiger partial charge in [-0.05, 0) is 42.7 Å². The Balaban J connectivity index is 2.20. The van der Waals surface area contributed by atoms with Crippen LogP contribution in [0, 0.1) is 12.8 Å². The van der Waals surface area contributed by atoms with Gasteiger partial charge in [-0.3, -0.25) is 13.9 Å². The predicted molar refractivity (Wildman–Crippen MR) is 120 cm³/mol. The average Bonchev–Trinajstić information content (AvgIpc) is 2.91. The first-order valence-corrected chi connectivity index (χ1v) is 10.0. The molecule has 0 unspecified atom stereocenters. The van der Waals surface area contributed by atoms with Crippen molar-refractivity contribution in [2.24, 2.45) is 5.92 Å². The smallest absolute Gasteiger partial charge is 0.298 e. The Kier molecular flexibility index (Phi) is 6.23. The predicted octanol–water partition coefficient (Wildman–Crippen LogP) is 5.53. The normalized spacial score (nSPS) is 11.1. The van der Waals surface area contributed by atoms with E-state index >= 15 is 0 Å². The first kappa shape index (κ1) is 20.9. The molecule has 1 aromatic heterocycles.